The van der Waals surface area contributed by atoms with Gasteiger partial charge in [-0.2, -0.15) is 13.2 Å². The lowest BCUT2D eigenvalue weighted by molar-refractivity contribution is -0.173. The molecule has 182 valence electrons. The van der Waals surface area contributed by atoms with Crippen molar-refractivity contribution in [3.63, 3.8) is 0 Å². The smallest absolute Gasteiger partial charge is 0.346 e. The van der Waals surface area contributed by atoms with Gasteiger partial charge in [-0.3, -0.25) is 10.2 Å². The van der Waals surface area contributed by atoms with Gasteiger partial charge in [0.05, 0.1) is 23.6 Å². The van der Waals surface area contributed by atoms with E-state index in [1.165, 1.54) is 0 Å². The van der Waals surface area contributed by atoms with Gasteiger partial charge in [0.1, 0.15) is 0 Å². The molecule has 0 saturated heterocycles. The van der Waals surface area contributed by atoms with E-state index < -0.39 is 18.1 Å². The second-order valence-corrected chi connectivity index (χ2v) is 8.81. The van der Waals surface area contributed by atoms with Crippen molar-refractivity contribution in [1.29, 1.82) is 5.41 Å². The molecule has 1 amide bonds. The predicted molar refractivity (Wildman–Crippen MR) is 129 cm³/mol. The molecule has 1 atom stereocenters. The largest absolute Gasteiger partial charge is 0.471 e. The van der Waals surface area contributed by atoms with E-state index in [0.29, 0.717) is 13.0 Å². The molecular formula is C27H27F3N4O. The van der Waals surface area contributed by atoms with Crippen LogP contribution in [0.2, 0.25) is 0 Å². The van der Waals surface area contributed by atoms with E-state index in [4.69, 9.17) is 5.41 Å². The number of fused-ring (bicyclic) bond motifs is 1. The van der Waals surface area contributed by atoms with Crippen LogP contribution in [0.4, 0.5) is 13.2 Å². The topological polar surface area (TPSA) is 62.8 Å². The Bertz CT molecular complexity index is 1380. The summed E-state index contributed by atoms with van der Waals surface area (Å²) in [5, 5.41) is 11.0. The van der Waals surface area contributed by atoms with Crippen molar-refractivity contribution < 1.29 is 18.0 Å². The van der Waals surface area contributed by atoms with Crippen LogP contribution in [-0.4, -0.2) is 27.8 Å². The molecule has 1 heterocycles. The molecule has 0 spiro atoms. The molecule has 0 bridgehead atoms. The third-order valence-corrected chi connectivity index (χ3v) is 6.09. The molecule has 0 radical (unpaired) electrons. The van der Waals surface area contributed by atoms with Gasteiger partial charge in [-0.15, -0.1) is 0 Å². The van der Waals surface area contributed by atoms with E-state index in [2.05, 4.69) is 0 Å². The van der Waals surface area contributed by atoms with E-state index in [1.807, 2.05) is 96.5 Å². The lowest BCUT2D eigenvalue weighted by Gasteiger charge is -2.21. The standard InChI is InChI=1S/C27H27F3N4O/c1-18-7-11-20(12-8-18)15-22(16-32-25(35)27(28,29)30)34-24-6-4-3-5-23(24)33(26(34)31)17-21-13-9-19(2)10-14-21/h3-14,22,31H,15-17H2,1-2H3,(H,32,35). The first-order valence-corrected chi connectivity index (χ1v) is 11.3. The highest BCUT2D eigenvalue weighted by atomic mass is 19.4. The number of nitrogens with one attached hydrogen (secondary N) is 2. The summed E-state index contributed by atoms with van der Waals surface area (Å²) < 4.78 is 42.3. The quantitative estimate of drug-likeness (QED) is 0.382. The first-order valence-electron chi connectivity index (χ1n) is 11.3. The Labute approximate surface area is 201 Å². The minimum absolute atomic E-state index is 0.158. The Morgan fingerprint density at radius 1 is 0.886 bits per heavy atom. The van der Waals surface area contributed by atoms with Gasteiger partial charge in [-0.1, -0.05) is 71.8 Å². The number of benzene rings is 3. The Hall–Kier alpha value is -3.81. The molecule has 4 aromatic rings. The van der Waals surface area contributed by atoms with Gasteiger partial charge >= 0.3 is 12.1 Å². The minimum atomic E-state index is -4.97. The van der Waals surface area contributed by atoms with E-state index in [0.717, 1.165) is 33.3 Å². The molecule has 0 saturated carbocycles. The van der Waals surface area contributed by atoms with Crippen LogP contribution >= 0.6 is 0 Å². The molecule has 2 N–H and O–H groups in total. The average molecular weight is 481 g/mol. The summed E-state index contributed by atoms with van der Waals surface area (Å²) in [7, 11) is 0. The number of aryl methyl sites for hydroxylation is 2. The molecule has 35 heavy (non-hydrogen) atoms. The first-order chi connectivity index (χ1) is 16.6. The number of nitrogens with zero attached hydrogens (tertiary/aromatic N) is 2. The van der Waals surface area contributed by atoms with Gasteiger partial charge in [0, 0.05) is 6.54 Å². The van der Waals surface area contributed by atoms with Crippen LogP contribution in [0.3, 0.4) is 0 Å². The van der Waals surface area contributed by atoms with Crippen molar-refractivity contribution in [1.82, 2.24) is 14.5 Å². The number of aromatic nitrogens is 2. The number of carbonyl (C=O) groups excluding carboxylic acids is 1. The SMILES string of the molecule is Cc1ccc(CC(CNC(=O)C(F)(F)F)n2c(=N)n(Cc3ccc(C)cc3)c3ccccc32)cc1. The number of alkyl halides is 3. The summed E-state index contributed by atoms with van der Waals surface area (Å²) in [6.07, 6.45) is -4.62. The zero-order valence-corrected chi connectivity index (χ0v) is 19.6. The summed E-state index contributed by atoms with van der Waals surface area (Å²) in [6, 6.07) is 22.6. The summed E-state index contributed by atoms with van der Waals surface area (Å²) in [5.74, 6) is -1.98. The molecule has 1 aromatic heterocycles. The van der Waals surface area contributed by atoms with E-state index in [1.54, 1.807) is 4.57 Å². The number of hydrogen-bond donors (Lipinski definition) is 2. The van der Waals surface area contributed by atoms with Crippen molar-refractivity contribution in [3.8, 4) is 0 Å². The molecule has 0 fully saturated rings. The third-order valence-electron chi connectivity index (χ3n) is 6.09. The van der Waals surface area contributed by atoms with Crippen LogP contribution < -0.4 is 10.9 Å². The van der Waals surface area contributed by atoms with Gasteiger partial charge < -0.3 is 14.5 Å². The molecule has 1 unspecified atom stereocenters. The van der Waals surface area contributed by atoms with Crippen molar-refractivity contribution in [3.05, 3.63) is 101 Å². The number of amides is 1. The van der Waals surface area contributed by atoms with E-state index in [9.17, 15) is 18.0 Å². The zero-order valence-electron chi connectivity index (χ0n) is 19.6. The first kappa shape index (κ1) is 24.3. The van der Waals surface area contributed by atoms with Gasteiger partial charge in [0.2, 0.25) is 5.62 Å². The minimum Gasteiger partial charge on any atom is -0.346 e. The highest BCUT2D eigenvalue weighted by molar-refractivity contribution is 5.81. The molecule has 0 aliphatic heterocycles. The van der Waals surface area contributed by atoms with Crippen molar-refractivity contribution >= 4 is 16.9 Å². The van der Waals surface area contributed by atoms with Crippen LogP contribution in [0.25, 0.3) is 11.0 Å². The monoisotopic (exact) mass is 480 g/mol. The van der Waals surface area contributed by atoms with Gasteiger partial charge in [0.15, 0.2) is 0 Å². The Morgan fingerprint density at radius 2 is 1.43 bits per heavy atom. The Morgan fingerprint density at radius 3 is 2.00 bits per heavy atom. The zero-order chi connectivity index (χ0) is 25.2. The van der Waals surface area contributed by atoms with Crippen molar-refractivity contribution in [2.75, 3.05) is 6.54 Å². The Kier molecular flexibility index (Phi) is 6.82. The van der Waals surface area contributed by atoms with E-state index in [-0.39, 0.29) is 12.2 Å². The maximum absolute atomic E-state index is 12.9. The highest BCUT2D eigenvalue weighted by Crippen LogP contribution is 2.22. The average Bonchev–Trinajstić information content (AvgIpc) is 3.10. The fraction of sp³-hybridized carbons (Fsp3) is 0.259. The fourth-order valence-electron chi connectivity index (χ4n) is 4.22. The molecule has 0 aliphatic rings. The lowest BCUT2D eigenvalue weighted by Crippen LogP contribution is -2.42. The molecule has 8 heteroatoms. The number of hydrogen-bond acceptors (Lipinski definition) is 2. The van der Waals surface area contributed by atoms with E-state index >= 15 is 0 Å². The summed E-state index contributed by atoms with van der Waals surface area (Å²) >= 11 is 0. The summed E-state index contributed by atoms with van der Waals surface area (Å²) in [4.78, 5) is 11.6. The van der Waals surface area contributed by atoms with Gasteiger partial charge in [-0.25, -0.2) is 0 Å². The second kappa shape index (κ2) is 9.82. The molecule has 0 aliphatic carbocycles. The molecule has 3 aromatic carbocycles. The molecule has 4 rings (SSSR count). The maximum atomic E-state index is 12.9. The highest BCUT2D eigenvalue weighted by Gasteiger charge is 2.38. The van der Waals surface area contributed by atoms with Crippen LogP contribution in [0.15, 0.2) is 72.8 Å². The van der Waals surface area contributed by atoms with Gasteiger partial charge in [-0.05, 0) is 43.5 Å². The number of halogens is 3. The van der Waals surface area contributed by atoms with Crippen molar-refractivity contribution in [2.45, 2.75) is 39.0 Å². The fourth-order valence-corrected chi connectivity index (χ4v) is 4.22. The maximum Gasteiger partial charge on any atom is 0.471 e. The Balaban J connectivity index is 1.77. The number of para-hydroxylation sites is 2. The lowest BCUT2D eigenvalue weighted by atomic mass is 10.0. The summed E-state index contributed by atoms with van der Waals surface area (Å²) in [5.41, 5.74) is 5.80. The van der Waals surface area contributed by atoms with Crippen LogP contribution in [0, 0.1) is 19.3 Å². The predicted octanol–water partition coefficient (Wildman–Crippen LogP) is 5.05. The number of imidazole rings is 1. The molecule has 5 nitrogen and oxygen atoms in total. The summed E-state index contributed by atoms with van der Waals surface area (Å²) in [6.45, 7) is 4.14. The van der Waals surface area contributed by atoms with Gasteiger partial charge in [0.25, 0.3) is 0 Å². The normalized spacial score (nSPS) is 12.6. The number of rotatable bonds is 7. The van der Waals surface area contributed by atoms with Crippen LogP contribution in [-0.2, 0) is 17.8 Å². The second-order valence-electron chi connectivity index (χ2n) is 8.81. The molecular weight excluding hydrogens is 453 g/mol. The van der Waals surface area contributed by atoms with Crippen molar-refractivity contribution in [2.24, 2.45) is 0 Å². The van der Waals surface area contributed by atoms with Crippen LogP contribution in [0.1, 0.15) is 28.3 Å². The van der Waals surface area contributed by atoms with Crippen LogP contribution in [0.5, 0.6) is 0 Å². The number of carbonyl (C=O) groups is 1. The third kappa shape index (κ3) is 5.48.